The Kier molecular flexibility index (Phi) is 4.98. The van der Waals surface area contributed by atoms with E-state index in [0.29, 0.717) is 29.3 Å². The molecule has 2 aromatic carbocycles. The van der Waals surface area contributed by atoms with Crippen LogP contribution in [0.1, 0.15) is 5.56 Å². The van der Waals surface area contributed by atoms with E-state index >= 15 is 0 Å². The van der Waals surface area contributed by atoms with Crippen LogP contribution in [0.3, 0.4) is 0 Å². The maximum atomic E-state index is 12.9. The summed E-state index contributed by atoms with van der Waals surface area (Å²) in [5, 5.41) is 0.589. The predicted octanol–water partition coefficient (Wildman–Crippen LogP) is 3.12. The van der Waals surface area contributed by atoms with E-state index in [4.69, 9.17) is 16.3 Å². The molecule has 0 aliphatic heterocycles. The van der Waals surface area contributed by atoms with Crippen LogP contribution in [-0.4, -0.2) is 18.7 Å². The van der Waals surface area contributed by atoms with E-state index in [1.807, 2.05) is 30.3 Å². The minimum atomic E-state index is -0.437. The first-order valence-corrected chi connectivity index (χ1v) is 9.47. The summed E-state index contributed by atoms with van der Waals surface area (Å²) in [6.07, 6.45) is 0.676. The normalized spacial score (nSPS) is 11.1. The Morgan fingerprint density at radius 2 is 1.66 bits per heavy atom. The first-order chi connectivity index (χ1) is 14.0. The van der Waals surface area contributed by atoms with Gasteiger partial charge in [0.15, 0.2) is 11.2 Å². The van der Waals surface area contributed by atoms with Crippen LogP contribution in [0, 0.1) is 0 Å². The maximum absolute atomic E-state index is 12.9. The summed E-state index contributed by atoms with van der Waals surface area (Å²) in [5.41, 5.74) is 0.890. The van der Waals surface area contributed by atoms with E-state index in [-0.39, 0.29) is 11.7 Å². The van der Waals surface area contributed by atoms with Gasteiger partial charge in [0.2, 0.25) is 0 Å². The van der Waals surface area contributed by atoms with Crippen LogP contribution >= 0.6 is 11.6 Å². The summed E-state index contributed by atoms with van der Waals surface area (Å²) >= 11 is 5.95. The van der Waals surface area contributed by atoms with Crippen molar-refractivity contribution in [2.24, 2.45) is 14.1 Å². The number of hydrogen-bond acceptors (Lipinski definition) is 4. The number of ether oxygens (including phenoxy) is 1. The van der Waals surface area contributed by atoms with Crippen molar-refractivity contribution in [3.05, 3.63) is 86.0 Å². The molecule has 29 heavy (non-hydrogen) atoms. The summed E-state index contributed by atoms with van der Waals surface area (Å²) in [4.78, 5) is 29.6. The SMILES string of the molecule is Cn1c(=O)c2c(nc(Oc3ccc(Cl)cc3)n2CCc2ccccc2)n(C)c1=O. The maximum Gasteiger partial charge on any atom is 0.332 e. The molecular formula is C21H19ClN4O3. The standard InChI is InChI=1S/C21H19ClN4O3/c1-24-18-17(19(27)25(2)21(24)28)26(13-12-14-6-4-3-5-7-14)20(23-18)29-16-10-8-15(22)9-11-16/h3-11H,12-13H2,1-2H3. The first kappa shape index (κ1) is 19.0. The summed E-state index contributed by atoms with van der Waals surface area (Å²) in [6, 6.07) is 17.0. The molecular weight excluding hydrogens is 392 g/mol. The lowest BCUT2D eigenvalue weighted by Gasteiger charge is -2.10. The Hall–Kier alpha value is -3.32. The average molecular weight is 411 g/mol. The van der Waals surface area contributed by atoms with Gasteiger partial charge in [0, 0.05) is 25.7 Å². The van der Waals surface area contributed by atoms with Crippen LogP contribution in [-0.2, 0) is 27.1 Å². The molecule has 4 aromatic rings. The average Bonchev–Trinajstić information content (AvgIpc) is 3.10. The number of nitrogens with zero attached hydrogens (tertiary/aromatic N) is 4. The van der Waals surface area contributed by atoms with E-state index in [0.717, 1.165) is 10.1 Å². The van der Waals surface area contributed by atoms with E-state index < -0.39 is 11.2 Å². The summed E-state index contributed by atoms with van der Waals surface area (Å²) in [5.74, 6) is 0.535. The zero-order chi connectivity index (χ0) is 20.5. The number of aryl methyl sites for hydroxylation is 3. The van der Waals surface area contributed by atoms with Crippen LogP contribution in [0.2, 0.25) is 5.02 Å². The quantitative estimate of drug-likeness (QED) is 0.507. The van der Waals surface area contributed by atoms with Gasteiger partial charge in [-0.2, -0.15) is 4.98 Å². The zero-order valence-electron chi connectivity index (χ0n) is 16.0. The Bertz CT molecular complexity index is 1290. The highest BCUT2D eigenvalue weighted by molar-refractivity contribution is 6.30. The Morgan fingerprint density at radius 3 is 2.34 bits per heavy atom. The fourth-order valence-corrected chi connectivity index (χ4v) is 3.33. The van der Waals surface area contributed by atoms with Crippen molar-refractivity contribution in [1.29, 1.82) is 0 Å². The summed E-state index contributed by atoms with van der Waals surface area (Å²) < 4.78 is 10.1. The van der Waals surface area contributed by atoms with Gasteiger partial charge >= 0.3 is 11.7 Å². The highest BCUT2D eigenvalue weighted by Crippen LogP contribution is 2.25. The molecule has 4 rings (SSSR count). The Labute approximate surface area is 171 Å². The zero-order valence-corrected chi connectivity index (χ0v) is 16.8. The molecule has 0 spiro atoms. The first-order valence-electron chi connectivity index (χ1n) is 9.09. The molecule has 0 saturated heterocycles. The molecule has 2 aromatic heterocycles. The third-order valence-corrected chi connectivity index (χ3v) is 5.05. The lowest BCUT2D eigenvalue weighted by atomic mass is 10.1. The smallest absolute Gasteiger partial charge is 0.332 e. The van der Waals surface area contributed by atoms with Crippen molar-refractivity contribution in [3.63, 3.8) is 0 Å². The van der Waals surface area contributed by atoms with Crippen LogP contribution < -0.4 is 16.0 Å². The molecule has 0 atom stereocenters. The largest absolute Gasteiger partial charge is 0.425 e. The van der Waals surface area contributed by atoms with Gasteiger partial charge in [0.1, 0.15) is 5.75 Å². The van der Waals surface area contributed by atoms with Gasteiger partial charge in [0.25, 0.3) is 5.56 Å². The second kappa shape index (κ2) is 7.60. The predicted molar refractivity (Wildman–Crippen MR) is 112 cm³/mol. The lowest BCUT2D eigenvalue weighted by molar-refractivity contribution is 0.414. The van der Waals surface area contributed by atoms with E-state index in [2.05, 4.69) is 4.98 Å². The molecule has 0 fully saturated rings. The number of benzene rings is 2. The minimum Gasteiger partial charge on any atom is -0.425 e. The monoisotopic (exact) mass is 410 g/mol. The fraction of sp³-hybridized carbons (Fsp3) is 0.190. The van der Waals surface area contributed by atoms with E-state index in [1.165, 1.54) is 11.6 Å². The molecule has 0 radical (unpaired) electrons. The van der Waals surface area contributed by atoms with Gasteiger partial charge < -0.3 is 4.74 Å². The molecule has 0 unspecified atom stereocenters. The van der Waals surface area contributed by atoms with Crippen molar-refractivity contribution >= 4 is 22.8 Å². The van der Waals surface area contributed by atoms with E-state index in [9.17, 15) is 9.59 Å². The number of rotatable bonds is 5. The van der Waals surface area contributed by atoms with Crippen molar-refractivity contribution in [3.8, 4) is 11.8 Å². The minimum absolute atomic E-state index is 0.247. The Balaban J connectivity index is 1.85. The molecule has 0 N–H and O–H groups in total. The third-order valence-electron chi connectivity index (χ3n) is 4.80. The van der Waals surface area contributed by atoms with E-state index in [1.54, 1.807) is 35.9 Å². The Morgan fingerprint density at radius 1 is 0.966 bits per heavy atom. The summed E-state index contributed by atoms with van der Waals surface area (Å²) in [6.45, 7) is 0.469. The van der Waals surface area contributed by atoms with Gasteiger partial charge in [-0.25, -0.2) is 4.79 Å². The fourth-order valence-electron chi connectivity index (χ4n) is 3.21. The second-order valence-electron chi connectivity index (χ2n) is 6.72. The molecule has 0 bridgehead atoms. The number of halogens is 1. The van der Waals surface area contributed by atoms with Crippen molar-refractivity contribution in [2.75, 3.05) is 0 Å². The molecule has 0 aliphatic rings. The third kappa shape index (κ3) is 3.56. The number of aromatic nitrogens is 4. The lowest BCUT2D eigenvalue weighted by Crippen LogP contribution is -2.37. The molecule has 8 heteroatoms. The van der Waals surface area contributed by atoms with Crippen LogP contribution in [0.15, 0.2) is 64.2 Å². The molecule has 2 heterocycles. The van der Waals surface area contributed by atoms with Gasteiger partial charge in [-0.3, -0.25) is 18.5 Å². The van der Waals surface area contributed by atoms with Gasteiger partial charge in [-0.15, -0.1) is 0 Å². The summed E-state index contributed by atoms with van der Waals surface area (Å²) in [7, 11) is 3.04. The topological polar surface area (TPSA) is 71.1 Å². The van der Waals surface area contributed by atoms with Gasteiger partial charge in [0.05, 0.1) is 0 Å². The molecule has 0 saturated carbocycles. The number of fused-ring (bicyclic) bond motifs is 1. The number of hydrogen-bond donors (Lipinski definition) is 0. The highest BCUT2D eigenvalue weighted by atomic mass is 35.5. The number of imidazole rings is 1. The van der Waals surface area contributed by atoms with Crippen LogP contribution in [0.5, 0.6) is 11.8 Å². The van der Waals surface area contributed by atoms with Crippen molar-refractivity contribution in [1.82, 2.24) is 18.7 Å². The van der Waals surface area contributed by atoms with Crippen molar-refractivity contribution in [2.45, 2.75) is 13.0 Å². The van der Waals surface area contributed by atoms with Gasteiger partial charge in [-0.05, 0) is 36.2 Å². The molecule has 0 amide bonds. The second-order valence-corrected chi connectivity index (χ2v) is 7.15. The molecule has 0 aliphatic carbocycles. The highest BCUT2D eigenvalue weighted by Gasteiger charge is 2.20. The van der Waals surface area contributed by atoms with Crippen LogP contribution in [0.4, 0.5) is 0 Å². The van der Waals surface area contributed by atoms with Crippen molar-refractivity contribution < 1.29 is 4.74 Å². The van der Waals surface area contributed by atoms with Gasteiger partial charge in [-0.1, -0.05) is 41.9 Å². The van der Waals surface area contributed by atoms with Crippen LogP contribution in [0.25, 0.3) is 11.2 Å². The molecule has 148 valence electrons. The molecule has 7 nitrogen and oxygen atoms in total.